The highest BCUT2D eigenvalue weighted by molar-refractivity contribution is 5.94. The van der Waals surface area contributed by atoms with Gasteiger partial charge in [-0.15, -0.1) is 0 Å². The first-order chi connectivity index (χ1) is 10.2. The topological polar surface area (TPSA) is 70.2 Å². The van der Waals surface area contributed by atoms with E-state index in [-0.39, 0.29) is 17.9 Å². The Hall–Kier alpha value is -1.88. The van der Waals surface area contributed by atoms with Crippen molar-refractivity contribution in [2.75, 3.05) is 19.6 Å². The highest BCUT2D eigenvalue weighted by atomic mass is 16.2. The molecule has 5 nitrogen and oxygen atoms in total. The number of amides is 2. The van der Waals surface area contributed by atoms with Crippen LogP contribution < -0.4 is 16.0 Å². The molecular formula is C16H23N3O2. The normalized spacial score (nSPS) is 18.0. The van der Waals surface area contributed by atoms with E-state index in [1.54, 1.807) is 12.1 Å². The third kappa shape index (κ3) is 4.86. The molecule has 0 aliphatic carbocycles. The van der Waals surface area contributed by atoms with E-state index in [1.807, 2.05) is 19.1 Å². The van der Waals surface area contributed by atoms with Gasteiger partial charge in [0.25, 0.3) is 5.91 Å². The first-order valence-corrected chi connectivity index (χ1v) is 7.53. The SMILES string of the molecule is Cc1ccc(C(=O)NCCNC(=O)[C@H]2CCCCN2)cc1. The van der Waals surface area contributed by atoms with Crippen LogP contribution in [0.4, 0.5) is 0 Å². The lowest BCUT2D eigenvalue weighted by molar-refractivity contribution is -0.123. The third-order valence-electron chi connectivity index (χ3n) is 3.65. The number of rotatable bonds is 5. The highest BCUT2D eigenvalue weighted by Gasteiger charge is 2.19. The fourth-order valence-electron chi connectivity index (χ4n) is 2.37. The van der Waals surface area contributed by atoms with Crippen LogP contribution in [0.5, 0.6) is 0 Å². The van der Waals surface area contributed by atoms with Crippen LogP contribution in [0.25, 0.3) is 0 Å². The molecule has 5 heteroatoms. The standard InChI is InChI=1S/C16H23N3O2/c1-12-5-7-13(8-6-12)15(20)18-10-11-19-16(21)14-4-2-3-9-17-14/h5-8,14,17H,2-4,9-11H2,1H3,(H,18,20)(H,19,21)/t14-/m1/s1. The molecule has 1 aliphatic heterocycles. The molecule has 21 heavy (non-hydrogen) atoms. The number of piperidine rings is 1. The Labute approximate surface area is 125 Å². The van der Waals surface area contributed by atoms with Crippen molar-refractivity contribution in [1.82, 2.24) is 16.0 Å². The molecule has 1 aromatic rings. The van der Waals surface area contributed by atoms with Crippen LogP contribution in [-0.2, 0) is 4.79 Å². The maximum atomic E-state index is 11.9. The zero-order valence-corrected chi connectivity index (χ0v) is 12.4. The molecule has 0 spiro atoms. The van der Waals surface area contributed by atoms with Crippen LogP contribution >= 0.6 is 0 Å². The van der Waals surface area contributed by atoms with Crippen LogP contribution in [-0.4, -0.2) is 37.5 Å². The van der Waals surface area contributed by atoms with E-state index in [1.165, 1.54) is 0 Å². The van der Waals surface area contributed by atoms with Crippen molar-refractivity contribution in [3.05, 3.63) is 35.4 Å². The van der Waals surface area contributed by atoms with Crippen LogP contribution in [0.3, 0.4) is 0 Å². The number of carbonyl (C=O) groups excluding carboxylic acids is 2. The Morgan fingerprint density at radius 2 is 1.86 bits per heavy atom. The second-order valence-electron chi connectivity index (χ2n) is 5.42. The van der Waals surface area contributed by atoms with Crippen molar-refractivity contribution in [3.63, 3.8) is 0 Å². The van der Waals surface area contributed by atoms with Gasteiger partial charge in [0.1, 0.15) is 0 Å². The average Bonchev–Trinajstić information content (AvgIpc) is 2.52. The second-order valence-corrected chi connectivity index (χ2v) is 5.42. The Morgan fingerprint density at radius 3 is 2.52 bits per heavy atom. The molecule has 0 saturated carbocycles. The minimum atomic E-state index is -0.111. The van der Waals surface area contributed by atoms with Gasteiger partial charge in [-0.3, -0.25) is 9.59 Å². The van der Waals surface area contributed by atoms with Gasteiger partial charge >= 0.3 is 0 Å². The zero-order chi connectivity index (χ0) is 15.1. The van der Waals surface area contributed by atoms with Gasteiger partial charge in [-0.05, 0) is 38.4 Å². The quantitative estimate of drug-likeness (QED) is 0.708. The minimum Gasteiger partial charge on any atom is -0.353 e. The Balaban J connectivity index is 1.66. The van der Waals surface area contributed by atoms with Crippen molar-refractivity contribution in [2.24, 2.45) is 0 Å². The summed E-state index contributed by atoms with van der Waals surface area (Å²) in [6.45, 7) is 3.78. The summed E-state index contributed by atoms with van der Waals surface area (Å²) in [5, 5.41) is 8.86. The molecule has 1 aliphatic rings. The van der Waals surface area contributed by atoms with Gasteiger partial charge in [0, 0.05) is 18.7 Å². The molecule has 1 saturated heterocycles. The van der Waals surface area contributed by atoms with E-state index < -0.39 is 0 Å². The summed E-state index contributed by atoms with van der Waals surface area (Å²) in [6, 6.07) is 7.34. The Kier molecular flexibility index (Phi) is 5.75. The van der Waals surface area contributed by atoms with E-state index in [4.69, 9.17) is 0 Å². The third-order valence-corrected chi connectivity index (χ3v) is 3.65. The van der Waals surface area contributed by atoms with Gasteiger partial charge < -0.3 is 16.0 Å². The molecule has 2 rings (SSSR count). The molecule has 1 fully saturated rings. The van der Waals surface area contributed by atoms with Crippen molar-refractivity contribution in [1.29, 1.82) is 0 Å². The van der Waals surface area contributed by atoms with E-state index >= 15 is 0 Å². The van der Waals surface area contributed by atoms with Crippen molar-refractivity contribution < 1.29 is 9.59 Å². The molecule has 0 bridgehead atoms. The number of nitrogens with one attached hydrogen (secondary N) is 3. The summed E-state index contributed by atoms with van der Waals surface area (Å²) in [4.78, 5) is 23.7. The van der Waals surface area contributed by atoms with Crippen molar-refractivity contribution in [2.45, 2.75) is 32.2 Å². The van der Waals surface area contributed by atoms with Gasteiger partial charge in [0.15, 0.2) is 0 Å². The van der Waals surface area contributed by atoms with Gasteiger partial charge in [0.2, 0.25) is 5.91 Å². The Bertz CT molecular complexity index is 479. The molecule has 114 valence electrons. The number of hydrogen-bond donors (Lipinski definition) is 3. The monoisotopic (exact) mass is 289 g/mol. The molecular weight excluding hydrogens is 266 g/mol. The van der Waals surface area contributed by atoms with Crippen LogP contribution in [0.15, 0.2) is 24.3 Å². The number of benzene rings is 1. The van der Waals surface area contributed by atoms with Gasteiger partial charge in [-0.25, -0.2) is 0 Å². The fourth-order valence-corrected chi connectivity index (χ4v) is 2.37. The summed E-state index contributed by atoms with van der Waals surface area (Å²) in [5.74, 6) is -0.0840. The lowest BCUT2D eigenvalue weighted by Crippen LogP contribution is -2.48. The van der Waals surface area contributed by atoms with E-state index in [2.05, 4.69) is 16.0 Å². The van der Waals surface area contributed by atoms with Gasteiger partial charge in [-0.2, -0.15) is 0 Å². The van der Waals surface area contributed by atoms with E-state index in [9.17, 15) is 9.59 Å². The van der Waals surface area contributed by atoms with E-state index in [0.29, 0.717) is 18.7 Å². The summed E-state index contributed by atoms with van der Waals surface area (Å²) < 4.78 is 0. The number of carbonyl (C=O) groups is 2. The highest BCUT2D eigenvalue weighted by Crippen LogP contribution is 2.06. The lowest BCUT2D eigenvalue weighted by atomic mass is 10.0. The Morgan fingerprint density at radius 1 is 1.14 bits per heavy atom. The van der Waals surface area contributed by atoms with Gasteiger partial charge in [-0.1, -0.05) is 24.1 Å². The molecule has 0 aromatic heterocycles. The maximum absolute atomic E-state index is 11.9. The van der Waals surface area contributed by atoms with E-state index in [0.717, 1.165) is 31.4 Å². The smallest absolute Gasteiger partial charge is 0.251 e. The minimum absolute atomic E-state index is 0.0271. The maximum Gasteiger partial charge on any atom is 0.251 e. The van der Waals surface area contributed by atoms with Crippen LogP contribution in [0.2, 0.25) is 0 Å². The predicted octanol–water partition coefficient (Wildman–Crippen LogP) is 0.983. The lowest BCUT2D eigenvalue weighted by Gasteiger charge is -2.22. The molecule has 1 aromatic carbocycles. The molecule has 0 radical (unpaired) electrons. The number of aryl methyl sites for hydroxylation is 1. The first-order valence-electron chi connectivity index (χ1n) is 7.53. The average molecular weight is 289 g/mol. The molecule has 1 atom stereocenters. The summed E-state index contributed by atoms with van der Waals surface area (Å²) in [7, 11) is 0. The molecule has 0 unspecified atom stereocenters. The second kappa shape index (κ2) is 7.78. The number of hydrogen-bond acceptors (Lipinski definition) is 3. The zero-order valence-electron chi connectivity index (χ0n) is 12.4. The van der Waals surface area contributed by atoms with Gasteiger partial charge in [0.05, 0.1) is 6.04 Å². The van der Waals surface area contributed by atoms with Crippen LogP contribution in [0, 0.1) is 6.92 Å². The largest absolute Gasteiger partial charge is 0.353 e. The summed E-state index contributed by atoms with van der Waals surface area (Å²) in [5.41, 5.74) is 1.76. The van der Waals surface area contributed by atoms with Crippen molar-refractivity contribution >= 4 is 11.8 Å². The summed E-state index contributed by atoms with van der Waals surface area (Å²) in [6.07, 6.45) is 3.12. The van der Waals surface area contributed by atoms with Crippen LogP contribution in [0.1, 0.15) is 35.2 Å². The molecule has 3 N–H and O–H groups in total. The summed E-state index contributed by atoms with van der Waals surface area (Å²) >= 11 is 0. The molecule has 2 amide bonds. The van der Waals surface area contributed by atoms with Crippen molar-refractivity contribution in [3.8, 4) is 0 Å². The predicted molar refractivity (Wildman–Crippen MR) is 82.2 cm³/mol. The fraction of sp³-hybridized carbons (Fsp3) is 0.500. The first kappa shape index (κ1) is 15.5. The molecule has 1 heterocycles.